The minimum absolute atomic E-state index is 0.116. The van der Waals surface area contributed by atoms with Gasteiger partial charge in [-0.05, 0) is 48.4 Å². The highest BCUT2D eigenvalue weighted by atomic mass is 79.9. The molecule has 0 fully saturated rings. The zero-order chi connectivity index (χ0) is 13.8. The third kappa shape index (κ3) is 3.12. The first-order valence-electron chi connectivity index (χ1n) is 5.67. The number of nitriles is 1. The maximum Gasteiger partial charge on any atom is 0.167 e. The molecule has 0 N–H and O–H groups in total. The molecule has 0 aliphatic carbocycles. The number of rotatable bonds is 3. The molecule has 0 heterocycles. The van der Waals surface area contributed by atoms with E-state index in [0.717, 1.165) is 22.5 Å². The predicted octanol–water partition coefficient (Wildman–Crippen LogP) is 4.69. The van der Waals surface area contributed by atoms with Crippen LogP contribution in [0.15, 0.2) is 36.4 Å². The van der Waals surface area contributed by atoms with Gasteiger partial charge in [-0.25, -0.2) is 4.39 Å². The molecule has 0 aromatic heterocycles. The zero-order valence-electron chi connectivity index (χ0n) is 10.3. The number of hydrogen-bond donors (Lipinski definition) is 0. The van der Waals surface area contributed by atoms with Gasteiger partial charge >= 0.3 is 0 Å². The molecule has 0 bridgehead atoms. The van der Waals surface area contributed by atoms with E-state index in [2.05, 4.69) is 15.9 Å². The van der Waals surface area contributed by atoms with Gasteiger partial charge in [0.2, 0.25) is 0 Å². The Kier molecular flexibility index (Phi) is 4.18. The highest BCUT2D eigenvalue weighted by molar-refractivity contribution is 9.08. The molecule has 4 heteroatoms. The summed E-state index contributed by atoms with van der Waals surface area (Å²) in [6.07, 6.45) is 0. The Hall–Kier alpha value is -1.86. The molecule has 2 aromatic carbocycles. The topological polar surface area (TPSA) is 33.0 Å². The quantitative estimate of drug-likeness (QED) is 0.769. The predicted molar refractivity (Wildman–Crippen MR) is 75.0 cm³/mol. The van der Waals surface area contributed by atoms with Crippen LogP contribution >= 0.6 is 15.9 Å². The number of alkyl halides is 1. The summed E-state index contributed by atoms with van der Waals surface area (Å²) in [4.78, 5) is 0. The van der Waals surface area contributed by atoms with Crippen LogP contribution in [0.4, 0.5) is 4.39 Å². The van der Waals surface area contributed by atoms with Crippen molar-refractivity contribution >= 4 is 15.9 Å². The number of ether oxygens (including phenoxy) is 1. The lowest BCUT2D eigenvalue weighted by atomic mass is 10.1. The van der Waals surface area contributed by atoms with Crippen molar-refractivity contribution in [1.82, 2.24) is 0 Å². The van der Waals surface area contributed by atoms with Crippen molar-refractivity contribution in [2.75, 3.05) is 0 Å². The van der Waals surface area contributed by atoms with Gasteiger partial charge in [0.15, 0.2) is 11.6 Å². The molecule has 0 unspecified atom stereocenters. The lowest BCUT2D eigenvalue weighted by molar-refractivity contribution is 0.442. The fourth-order valence-corrected chi connectivity index (χ4v) is 2.29. The van der Waals surface area contributed by atoms with Crippen molar-refractivity contribution in [2.45, 2.75) is 12.3 Å². The Morgan fingerprint density at radius 1 is 1.26 bits per heavy atom. The van der Waals surface area contributed by atoms with Crippen molar-refractivity contribution in [1.29, 1.82) is 5.26 Å². The fraction of sp³-hybridized carbons (Fsp3) is 0.133. The van der Waals surface area contributed by atoms with Crippen molar-refractivity contribution in [3.05, 3.63) is 58.9 Å². The average molecular weight is 320 g/mol. The average Bonchev–Trinajstić information content (AvgIpc) is 2.41. The highest BCUT2D eigenvalue weighted by Crippen LogP contribution is 2.27. The van der Waals surface area contributed by atoms with E-state index in [1.165, 1.54) is 12.1 Å². The molecular formula is C15H11BrFNO. The van der Waals surface area contributed by atoms with Crippen LogP contribution in [-0.2, 0) is 5.33 Å². The third-order valence-corrected chi connectivity index (χ3v) is 3.35. The molecular weight excluding hydrogens is 309 g/mol. The first kappa shape index (κ1) is 13.6. The Bertz CT molecular complexity index is 649. The second-order valence-corrected chi connectivity index (χ2v) is 4.64. The van der Waals surface area contributed by atoms with E-state index in [1.807, 2.05) is 25.1 Å². The number of halogens is 2. The monoisotopic (exact) mass is 319 g/mol. The Morgan fingerprint density at radius 3 is 2.63 bits per heavy atom. The summed E-state index contributed by atoms with van der Waals surface area (Å²) in [5.74, 6) is 0.150. The zero-order valence-corrected chi connectivity index (χ0v) is 11.9. The van der Waals surface area contributed by atoms with E-state index in [9.17, 15) is 4.39 Å². The van der Waals surface area contributed by atoms with Crippen molar-refractivity contribution in [2.24, 2.45) is 0 Å². The summed E-state index contributed by atoms with van der Waals surface area (Å²) in [6.45, 7) is 1.97. The first-order chi connectivity index (χ1) is 9.13. The Balaban J connectivity index is 2.26. The molecule has 2 aromatic rings. The second kappa shape index (κ2) is 5.85. The van der Waals surface area contributed by atoms with Crippen LogP contribution in [-0.4, -0.2) is 0 Å². The van der Waals surface area contributed by atoms with Crippen LogP contribution in [0.3, 0.4) is 0 Å². The van der Waals surface area contributed by atoms with E-state index >= 15 is 0 Å². The van der Waals surface area contributed by atoms with Crippen molar-refractivity contribution in [3.63, 3.8) is 0 Å². The SMILES string of the molecule is Cc1cc(Oc2ccc(C#N)cc2F)ccc1CBr. The third-order valence-electron chi connectivity index (χ3n) is 2.75. The molecule has 0 atom stereocenters. The minimum Gasteiger partial charge on any atom is -0.454 e. The minimum atomic E-state index is -0.540. The number of aryl methyl sites for hydroxylation is 1. The summed E-state index contributed by atoms with van der Waals surface area (Å²) in [6, 6.07) is 11.6. The number of hydrogen-bond acceptors (Lipinski definition) is 2. The molecule has 0 saturated carbocycles. The summed E-state index contributed by atoms with van der Waals surface area (Å²) >= 11 is 3.40. The number of benzene rings is 2. The van der Waals surface area contributed by atoms with Gasteiger partial charge in [-0.1, -0.05) is 22.0 Å². The van der Waals surface area contributed by atoms with Gasteiger partial charge in [0.1, 0.15) is 5.75 Å². The molecule has 0 radical (unpaired) electrons. The summed E-state index contributed by atoms with van der Waals surface area (Å²) in [7, 11) is 0. The van der Waals surface area contributed by atoms with Gasteiger partial charge in [-0.2, -0.15) is 5.26 Å². The van der Waals surface area contributed by atoms with E-state index in [0.29, 0.717) is 5.75 Å². The van der Waals surface area contributed by atoms with Crippen LogP contribution in [0, 0.1) is 24.1 Å². The van der Waals surface area contributed by atoms with Gasteiger partial charge in [0.05, 0.1) is 11.6 Å². The standard InChI is InChI=1S/C15H11BrFNO/c1-10-6-13(4-3-12(10)8-16)19-15-5-2-11(9-18)7-14(15)17/h2-7H,8H2,1H3. The lowest BCUT2D eigenvalue weighted by Crippen LogP contribution is -1.91. The molecule has 0 saturated heterocycles. The summed E-state index contributed by atoms with van der Waals surface area (Å²) < 4.78 is 19.2. The van der Waals surface area contributed by atoms with Crippen LogP contribution in [0.2, 0.25) is 0 Å². The molecule has 0 aliphatic rings. The molecule has 2 nitrogen and oxygen atoms in total. The second-order valence-electron chi connectivity index (χ2n) is 4.08. The van der Waals surface area contributed by atoms with Gasteiger partial charge < -0.3 is 4.74 Å². The summed E-state index contributed by atoms with van der Waals surface area (Å²) in [5, 5.41) is 9.44. The molecule has 96 valence electrons. The molecule has 19 heavy (non-hydrogen) atoms. The lowest BCUT2D eigenvalue weighted by Gasteiger charge is -2.09. The van der Waals surface area contributed by atoms with Crippen molar-refractivity contribution in [3.8, 4) is 17.6 Å². The normalized spacial score (nSPS) is 10.0. The van der Waals surface area contributed by atoms with E-state index < -0.39 is 5.82 Å². The first-order valence-corrected chi connectivity index (χ1v) is 6.79. The maximum absolute atomic E-state index is 13.7. The van der Waals surface area contributed by atoms with Gasteiger partial charge in [0.25, 0.3) is 0 Å². The molecule has 0 spiro atoms. The molecule has 2 rings (SSSR count). The van der Waals surface area contributed by atoms with Crippen LogP contribution in [0.5, 0.6) is 11.5 Å². The van der Waals surface area contributed by atoms with Crippen molar-refractivity contribution < 1.29 is 9.13 Å². The van der Waals surface area contributed by atoms with Crippen LogP contribution < -0.4 is 4.74 Å². The van der Waals surface area contributed by atoms with E-state index in [4.69, 9.17) is 10.00 Å². The molecule has 0 aliphatic heterocycles. The van der Waals surface area contributed by atoms with E-state index in [1.54, 1.807) is 6.07 Å². The Morgan fingerprint density at radius 2 is 2.05 bits per heavy atom. The fourth-order valence-electron chi connectivity index (χ4n) is 1.66. The van der Waals surface area contributed by atoms with Gasteiger partial charge in [0, 0.05) is 5.33 Å². The summed E-state index contributed by atoms with van der Waals surface area (Å²) in [5.41, 5.74) is 2.51. The van der Waals surface area contributed by atoms with Gasteiger partial charge in [-0.15, -0.1) is 0 Å². The van der Waals surface area contributed by atoms with Crippen LogP contribution in [0.1, 0.15) is 16.7 Å². The van der Waals surface area contributed by atoms with Gasteiger partial charge in [-0.3, -0.25) is 0 Å². The Labute approximate surface area is 119 Å². The van der Waals surface area contributed by atoms with Crippen LogP contribution in [0.25, 0.3) is 0 Å². The highest BCUT2D eigenvalue weighted by Gasteiger charge is 2.07. The van der Waals surface area contributed by atoms with E-state index in [-0.39, 0.29) is 11.3 Å². The maximum atomic E-state index is 13.7. The largest absolute Gasteiger partial charge is 0.454 e. The smallest absolute Gasteiger partial charge is 0.167 e. The number of nitrogens with zero attached hydrogens (tertiary/aromatic N) is 1. The molecule has 0 amide bonds.